The minimum Gasteiger partial charge on any atom is -0.454 e. The Morgan fingerprint density at radius 3 is 2.92 bits per heavy atom. The van der Waals surface area contributed by atoms with Crippen LogP contribution in [0.5, 0.6) is 11.5 Å². The minimum absolute atomic E-state index is 0.00626. The van der Waals surface area contributed by atoms with Crippen LogP contribution in [0.2, 0.25) is 0 Å². The van der Waals surface area contributed by atoms with Crippen LogP contribution in [0, 0.1) is 0 Å². The highest BCUT2D eigenvalue weighted by Crippen LogP contribution is 2.33. The smallest absolute Gasteiger partial charge is 0.249 e. The van der Waals surface area contributed by atoms with Gasteiger partial charge in [0, 0.05) is 19.6 Å². The number of hydrogen-bond donors (Lipinski definition) is 1. The first kappa shape index (κ1) is 15.2. The number of ether oxygens (including phenoxy) is 3. The quantitative estimate of drug-likeness (QED) is 0.784. The number of likely N-dealkylation sites (tertiary alicyclic amines) is 1. The van der Waals surface area contributed by atoms with Crippen LogP contribution in [-0.4, -0.2) is 66.8 Å². The van der Waals surface area contributed by atoms with Gasteiger partial charge in [-0.25, -0.2) is 0 Å². The molecular weight excluding hydrogens is 314 g/mol. The summed E-state index contributed by atoms with van der Waals surface area (Å²) in [6.45, 7) is 2.28. The summed E-state index contributed by atoms with van der Waals surface area (Å²) in [6.07, 6.45) is -0.0870. The molecule has 8 heteroatoms. The highest BCUT2D eigenvalue weighted by atomic mass is 16.7. The number of morpholine rings is 1. The maximum atomic E-state index is 12.0. The molecule has 3 heterocycles. The van der Waals surface area contributed by atoms with Crippen molar-refractivity contribution in [1.82, 2.24) is 9.80 Å². The molecule has 1 aromatic rings. The lowest BCUT2D eigenvalue weighted by atomic mass is 10.1. The third-order valence-electron chi connectivity index (χ3n) is 4.62. The van der Waals surface area contributed by atoms with Crippen LogP contribution in [0.25, 0.3) is 0 Å². The first-order valence-corrected chi connectivity index (χ1v) is 7.90. The van der Waals surface area contributed by atoms with Crippen LogP contribution in [0.15, 0.2) is 18.2 Å². The molecule has 4 rings (SSSR count). The van der Waals surface area contributed by atoms with Crippen molar-refractivity contribution in [3.05, 3.63) is 23.8 Å². The van der Waals surface area contributed by atoms with Crippen molar-refractivity contribution in [3.63, 3.8) is 0 Å². The summed E-state index contributed by atoms with van der Waals surface area (Å²) in [4.78, 5) is 27.0. The third kappa shape index (κ3) is 2.78. The zero-order valence-electron chi connectivity index (χ0n) is 13.1. The van der Waals surface area contributed by atoms with Gasteiger partial charge in [-0.05, 0) is 17.7 Å². The van der Waals surface area contributed by atoms with E-state index in [0.717, 1.165) is 17.1 Å². The number of nitrogens with zero attached hydrogens (tertiary/aromatic N) is 2. The second-order valence-electron chi connectivity index (χ2n) is 6.29. The van der Waals surface area contributed by atoms with Gasteiger partial charge in [0.25, 0.3) is 0 Å². The van der Waals surface area contributed by atoms with E-state index in [9.17, 15) is 9.59 Å². The Hall–Kier alpha value is -2.32. The molecule has 2 saturated heterocycles. The molecule has 1 aromatic carbocycles. The van der Waals surface area contributed by atoms with Crippen LogP contribution in [0.4, 0.5) is 0 Å². The minimum atomic E-state index is -0.502. The van der Waals surface area contributed by atoms with E-state index in [-0.39, 0.29) is 38.0 Å². The molecule has 0 aromatic heterocycles. The van der Waals surface area contributed by atoms with E-state index in [2.05, 4.69) is 4.90 Å². The fraction of sp³-hybridized carbons (Fsp3) is 0.500. The van der Waals surface area contributed by atoms with Gasteiger partial charge in [0.1, 0.15) is 6.61 Å². The van der Waals surface area contributed by atoms with E-state index < -0.39 is 5.91 Å². The van der Waals surface area contributed by atoms with E-state index >= 15 is 0 Å². The van der Waals surface area contributed by atoms with Crippen molar-refractivity contribution in [2.75, 3.05) is 33.0 Å². The number of benzene rings is 1. The second kappa shape index (κ2) is 5.95. The van der Waals surface area contributed by atoms with E-state index in [0.29, 0.717) is 19.6 Å². The van der Waals surface area contributed by atoms with E-state index in [1.165, 1.54) is 0 Å². The summed E-state index contributed by atoms with van der Waals surface area (Å²) < 4.78 is 16.4. The summed E-state index contributed by atoms with van der Waals surface area (Å²) in [5.74, 6) is 0.833. The van der Waals surface area contributed by atoms with Crippen LogP contribution >= 0.6 is 0 Å². The second-order valence-corrected chi connectivity index (χ2v) is 6.29. The summed E-state index contributed by atoms with van der Waals surface area (Å²) in [5, 5.41) is 0. The molecule has 2 atom stereocenters. The van der Waals surface area contributed by atoms with Gasteiger partial charge < -0.3 is 24.8 Å². The van der Waals surface area contributed by atoms with Gasteiger partial charge in [-0.2, -0.15) is 0 Å². The fourth-order valence-corrected chi connectivity index (χ4v) is 3.54. The number of carbonyl (C=O) groups excluding carboxylic acids is 2. The van der Waals surface area contributed by atoms with Crippen molar-refractivity contribution < 1.29 is 23.8 Å². The monoisotopic (exact) mass is 333 g/mol. The Morgan fingerprint density at radius 1 is 1.25 bits per heavy atom. The largest absolute Gasteiger partial charge is 0.454 e. The average molecular weight is 333 g/mol. The molecule has 0 spiro atoms. The summed E-state index contributed by atoms with van der Waals surface area (Å²) in [6, 6.07) is 5.74. The molecule has 2 fully saturated rings. The first-order valence-electron chi connectivity index (χ1n) is 7.90. The lowest BCUT2D eigenvalue weighted by Gasteiger charge is -2.35. The Labute approximate surface area is 139 Å². The number of primary amides is 1. The molecule has 24 heavy (non-hydrogen) atoms. The first-order chi connectivity index (χ1) is 11.6. The SMILES string of the molecule is NC(=O)CN1C(=O)COC2CN(Cc3ccc4c(c3)OCO4)CC21. The van der Waals surface area contributed by atoms with Crippen LogP contribution < -0.4 is 15.2 Å². The number of nitrogens with two attached hydrogens (primary N) is 1. The number of carbonyl (C=O) groups is 2. The van der Waals surface area contributed by atoms with Crippen LogP contribution in [-0.2, 0) is 20.9 Å². The van der Waals surface area contributed by atoms with Crippen molar-refractivity contribution >= 4 is 11.8 Å². The molecule has 0 saturated carbocycles. The fourth-order valence-electron chi connectivity index (χ4n) is 3.54. The summed E-state index contributed by atoms with van der Waals surface area (Å²) in [5.41, 5.74) is 6.37. The Kier molecular flexibility index (Phi) is 3.78. The maximum Gasteiger partial charge on any atom is 0.249 e. The van der Waals surface area contributed by atoms with Gasteiger partial charge in [-0.15, -0.1) is 0 Å². The number of fused-ring (bicyclic) bond motifs is 2. The van der Waals surface area contributed by atoms with E-state index in [4.69, 9.17) is 19.9 Å². The van der Waals surface area contributed by atoms with Crippen molar-refractivity contribution in [2.45, 2.75) is 18.7 Å². The topological polar surface area (TPSA) is 94.3 Å². The molecule has 0 aliphatic carbocycles. The van der Waals surface area contributed by atoms with Gasteiger partial charge in [0.15, 0.2) is 11.5 Å². The molecule has 2 N–H and O–H groups in total. The van der Waals surface area contributed by atoms with Crippen molar-refractivity contribution in [1.29, 1.82) is 0 Å². The zero-order valence-corrected chi connectivity index (χ0v) is 13.1. The lowest BCUT2D eigenvalue weighted by molar-refractivity contribution is -0.155. The van der Waals surface area contributed by atoms with Gasteiger partial charge in [-0.3, -0.25) is 14.5 Å². The van der Waals surface area contributed by atoms with Crippen LogP contribution in [0.1, 0.15) is 5.56 Å². The molecule has 0 bridgehead atoms. The molecule has 2 unspecified atom stereocenters. The summed E-state index contributed by atoms with van der Waals surface area (Å²) >= 11 is 0. The number of amides is 2. The highest BCUT2D eigenvalue weighted by molar-refractivity contribution is 5.85. The van der Waals surface area contributed by atoms with Crippen LogP contribution in [0.3, 0.4) is 0 Å². The third-order valence-corrected chi connectivity index (χ3v) is 4.62. The predicted molar refractivity (Wildman–Crippen MR) is 82.3 cm³/mol. The van der Waals surface area contributed by atoms with Crippen molar-refractivity contribution in [2.24, 2.45) is 5.73 Å². The lowest BCUT2D eigenvalue weighted by Crippen LogP contribution is -2.56. The molecular formula is C16H19N3O5. The number of hydrogen-bond acceptors (Lipinski definition) is 6. The number of rotatable bonds is 4. The predicted octanol–water partition coefficient (Wildman–Crippen LogP) is -0.688. The maximum absolute atomic E-state index is 12.0. The van der Waals surface area contributed by atoms with Gasteiger partial charge in [0.2, 0.25) is 18.6 Å². The zero-order chi connectivity index (χ0) is 16.7. The molecule has 8 nitrogen and oxygen atoms in total. The highest BCUT2D eigenvalue weighted by Gasteiger charge is 2.43. The molecule has 3 aliphatic rings. The van der Waals surface area contributed by atoms with Gasteiger partial charge in [0.05, 0.1) is 18.7 Å². The van der Waals surface area contributed by atoms with Gasteiger partial charge in [-0.1, -0.05) is 6.07 Å². The Balaban J connectivity index is 1.45. The normalized spacial score (nSPS) is 25.8. The van der Waals surface area contributed by atoms with E-state index in [1.807, 2.05) is 18.2 Å². The summed E-state index contributed by atoms with van der Waals surface area (Å²) in [7, 11) is 0. The molecule has 2 amide bonds. The van der Waals surface area contributed by atoms with Crippen molar-refractivity contribution in [3.8, 4) is 11.5 Å². The molecule has 0 radical (unpaired) electrons. The van der Waals surface area contributed by atoms with E-state index in [1.54, 1.807) is 4.90 Å². The Morgan fingerprint density at radius 2 is 2.08 bits per heavy atom. The Bertz CT molecular complexity index is 680. The standard InChI is InChI=1S/C16H19N3O5/c17-15(20)7-19-11-5-18(6-14(11)22-8-16(19)21)4-10-1-2-12-13(3-10)24-9-23-12/h1-3,11,14H,4-9H2,(H2,17,20). The van der Waals surface area contributed by atoms with Gasteiger partial charge >= 0.3 is 0 Å². The molecule has 3 aliphatic heterocycles. The molecule has 128 valence electrons. The average Bonchev–Trinajstić information content (AvgIpc) is 3.16.